The largest absolute Gasteiger partial charge is 0.416 e. The molecule has 0 spiro atoms. The molecule has 0 unspecified atom stereocenters. The second kappa shape index (κ2) is 4.97. The minimum absolute atomic E-state index is 0.590. The van der Waals surface area contributed by atoms with E-state index in [1.54, 1.807) is 12.3 Å². The highest BCUT2D eigenvalue weighted by atomic mass is 32.2. The molecule has 0 atom stereocenters. The van der Waals surface area contributed by atoms with Gasteiger partial charge in [-0.25, -0.2) is 9.97 Å². The Morgan fingerprint density at radius 1 is 1.06 bits per heavy atom. The first-order valence-electron chi connectivity index (χ1n) is 5.05. The third-order valence-electron chi connectivity index (χ3n) is 2.32. The third-order valence-corrected chi connectivity index (χ3v) is 2.89. The predicted octanol–water partition coefficient (Wildman–Crippen LogP) is 3.88. The van der Waals surface area contributed by atoms with Crippen LogP contribution in [0.4, 0.5) is 13.2 Å². The van der Waals surface area contributed by atoms with Gasteiger partial charge in [0.2, 0.25) is 0 Å². The van der Waals surface area contributed by atoms with Crippen LogP contribution in [0.2, 0.25) is 0 Å². The quantitative estimate of drug-likeness (QED) is 0.611. The molecule has 1 aromatic heterocycles. The molecular weight excluding hydrogens is 261 g/mol. The second-order valence-corrected chi connectivity index (χ2v) is 4.28. The lowest BCUT2D eigenvalue weighted by molar-refractivity contribution is -0.137. The molecule has 2 aromatic rings. The molecule has 0 radical (unpaired) electrons. The van der Waals surface area contributed by atoms with Crippen molar-refractivity contribution in [2.24, 2.45) is 0 Å². The summed E-state index contributed by atoms with van der Waals surface area (Å²) in [6.07, 6.45) is -0.883. The van der Waals surface area contributed by atoms with Gasteiger partial charge in [0.1, 0.15) is 0 Å². The summed E-state index contributed by atoms with van der Waals surface area (Å²) in [5, 5.41) is 0.590. The summed E-state index contributed by atoms with van der Waals surface area (Å²) in [6, 6.07) is 6.60. The van der Waals surface area contributed by atoms with Gasteiger partial charge in [-0.3, -0.25) is 0 Å². The summed E-state index contributed by atoms with van der Waals surface area (Å²) in [5.41, 5.74) is 0.592. The van der Waals surface area contributed by atoms with Gasteiger partial charge in [0.25, 0.3) is 0 Å². The number of alkyl halides is 3. The van der Waals surface area contributed by atoms with Crippen molar-refractivity contribution in [2.75, 3.05) is 6.26 Å². The number of halogens is 3. The number of benzene rings is 1. The molecule has 0 aliphatic carbocycles. The standard InChI is InChI=1S/C12H9F3N2S/c1-18-11-16-7-6-10(17-11)8-2-4-9(5-3-8)12(13,14)15/h2-7H,1H3. The van der Waals surface area contributed by atoms with E-state index < -0.39 is 11.7 Å². The maximum atomic E-state index is 12.4. The number of hydrogen-bond donors (Lipinski definition) is 0. The zero-order valence-electron chi connectivity index (χ0n) is 9.40. The highest BCUT2D eigenvalue weighted by molar-refractivity contribution is 7.98. The van der Waals surface area contributed by atoms with Gasteiger partial charge in [-0.2, -0.15) is 13.2 Å². The highest BCUT2D eigenvalue weighted by Crippen LogP contribution is 2.30. The summed E-state index contributed by atoms with van der Waals surface area (Å²) in [4.78, 5) is 8.24. The van der Waals surface area contributed by atoms with Crippen molar-refractivity contribution in [2.45, 2.75) is 11.3 Å². The highest BCUT2D eigenvalue weighted by Gasteiger charge is 2.29. The summed E-state index contributed by atoms with van der Waals surface area (Å²) in [7, 11) is 0. The fourth-order valence-electron chi connectivity index (χ4n) is 1.43. The minimum Gasteiger partial charge on any atom is -0.231 e. The Balaban J connectivity index is 2.34. The van der Waals surface area contributed by atoms with Crippen molar-refractivity contribution in [1.29, 1.82) is 0 Å². The van der Waals surface area contributed by atoms with E-state index in [0.717, 1.165) is 12.1 Å². The number of aromatic nitrogens is 2. The molecule has 0 N–H and O–H groups in total. The van der Waals surface area contributed by atoms with Crippen molar-refractivity contribution in [3.8, 4) is 11.3 Å². The molecule has 2 rings (SSSR count). The van der Waals surface area contributed by atoms with E-state index in [1.165, 1.54) is 23.9 Å². The normalized spacial score (nSPS) is 11.6. The van der Waals surface area contributed by atoms with Crippen LogP contribution in [0.3, 0.4) is 0 Å². The van der Waals surface area contributed by atoms with Crippen molar-refractivity contribution in [1.82, 2.24) is 9.97 Å². The number of rotatable bonds is 2. The molecule has 6 heteroatoms. The van der Waals surface area contributed by atoms with E-state index in [2.05, 4.69) is 9.97 Å². The van der Waals surface area contributed by atoms with Crippen LogP contribution in [0.5, 0.6) is 0 Å². The van der Waals surface area contributed by atoms with Crippen molar-refractivity contribution in [3.05, 3.63) is 42.1 Å². The average Bonchev–Trinajstić information content (AvgIpc) is 2.38. The molecular formula is C12H9F3N2S. The first-order chi connectivity index (χ1) is 8.50. The lowest BCUT2D eigenvalue weighted by Crippen LogP contribution is -2.04. The molecule has 18 heavy (non-hydrogen) atoms. The first-order valence-corrected chi connectivity index (χ1v) is 6.28. The smallest absolute Gasteiger partial charge is 0.231 e. The summed E-state index contributed by atoms with van der Waals surface area (Å²) in [6.45, 7) is 0. The van der Waals surface area contributed by atoms with Crippen LogP contribution in [0.1, 0.15) is 5.56 Å². The molecule has 0 fully saturated rings. The van der Waals surface area contributed by atoms with Gasteiger partial charge in [-0.05, 0) is 24.5 Å². The monoisotopic (exact) mass is 270 g/mol. The van der Waals surface area contributed by atoms with Crippen molar-refractivity contribution >= 4 is 11.8 Å². The molecule has 0 saturated heterocycles. The van der Waals surface area contributed by atoms with Gasteiger partial charge < -0.3 is 0 Å². The summed E-state index contributed by atoms with van der Waals surface area (Å²) in [5.74, 6) is 0. The number of thioether (sulfide) groups is 1. The number of nitrogens with zero attached hydrogens (tertiary/aromatic N) is 2. The van der Waals surface area contributed by atoms with E-state index in [-0.39, 0.29) is 0 Å². The van der Waals surface area contributed by atoms with Crippen LogP contribution in [-0.2, 0) is 6.18 Å². The van der Waals surface area contributed by atoms with E-state index >= 15 is 0 Å². The topological polar surface area (TPSA) is 25.8 Å². The summed E-state index contributed by atoms with van der Waals surface area (Å²) >= 11 is 1.38. The second-order valence-electron chi connectivity index (χ2n) is 3.50. The zero-order chi connectivity index (χ0) is 13.2. The maximum Gasteiger partial charge on any atom is 0.416 e. The Bertz CT molecular complexity index is 538. The lowest BCUT2D eigenvalue weighted by Gasteiger charge is -2.07. The van der Waals surface area contributed by atoms with Crippen molar-refractivity contribution in [3.63, 3.8) is 0 Å². The van der Waals surface area contributed by atoms with Gasteiger partial charge in [0, 0.05) is 11.8 Å². The minimum atomic E-state index is -4.31. The predicted molar refractivity (Wildman–Crippen MR) is 64.3 cm³/mol. The van der Waals surface area contributed by atoms with Crippen LogP contribution in [0.15, 0.2) is 41.7 Å². The molecule has 0 saturated carbocycles. The average molecular weight is 270 g/mol. The van der Waals surface area contributed by atoms with Gasteiger partial charge in [0.15, 0.2) is 5.16 Å². The fraction of sp³-hybridized carbons (Fsp3) is 0.167. The van der Waals surface area contributed by atoms with Gasteiger partial charge in [0.05, 0.1) is 11.3 Å². The SMILES string of the molecule is CSc1nccc(-c2ccc(C(F)(F)F)cc2)n1. The van der Waals surface area contributed by atoms with Crippen molar-refractivity contribution < 1.29 is 13.2 Å². The Labute approximate surface area is 106 Å². The lowest BCUT2D eigenvalue weighted by atomic mass is 10.1. The fourth-order valence-corrected chi connectivity index (χ4v) is 1.79. The van der Waals surface area contributed by atoms with E-state index in [9.17, 15) is 13.2 Å². The first kappa shape index (κ1) is 12.9. The van der Waals surface area contributed by atoms with Gasteiger partial charge in [-0.15, -0.1) is 0 Å². The van der Waals surface area contributed by atoms with E-state index in [1.807, 2.05) is 6.26 Å². The van der Waals surface area contributed by atoms with Crippen LogP contribution in [0.25, 0.3) is 11.3 Å². The molecule has 0 amide bonds. The summed E-state index contributed by atoms with van der Waals surface area (Å²) < 4.78 is 37.2. The molecule has 1 aromatic carbocycles. The zero-order valence-corrected chi connectivity index (χ0v) is 10.2. The Hall–Kier alpha value is -1.56. The van der Waals surface area contributed by atoms with Gasteiger partial charge >= 0.3 is 6.18 Å². The molecule has 94 valence electrons. The molecule has 0 aliphatic rings. The van der Waals surface area contributed by atoms with Crippen LogP contribution in [-0.4, -0.2) is 16.2 Å². The van der Waals surface area contributed by atoms with E-state index in [4.69, 9.17) is 0 Å². The van der Waals surface area contributed by atoms with Crippen LogP contribution >= 0.6 is 11.8 Å². The van der Waals surface area contributed by atoms with Crippen LogP contribution < -0.4 is 0 Å². The Morgan fingerprint density at radius 3 is 2.28 bits per heavy atom. The molecule has 0 aliphatic heterocycles. The van der Waals surface area contributed by atoms with E-state index in [0.29, 0.717) is 16.4 Å². The molecule has 2 nitrogen and oxygen atoms in total. The maximum absolute atomic E-state index is 12.4. The van der Waals surface area contributed by atoms with Crippen LogP contribution in [0, 0.1) is 0 Å². The Kier molecular flexibility index (Phi) is 3.56. The van der Waals surface area contributed by atoms with Gasteiger partial charge in [-0.1, -0.05) is 23.9 Å². The molecule has 1 heterocycles. The molecule has 0 bridgehead atoms. The Morgan fingerprint density at radius 2 is 1.72 bits per heavy atom. The third kappa shape index (κ3) is 2.81. The number of hydrogen-bond acceptors (Lipinski definition) is 3.